The van der Waals surface area contributed by atoms with E-state index in [4.69, 9.17) is 27.9 Å². The molecule has 4 nitrogen and oxygen atoms in total. The molecule has 0 aromatic heterocycles. The van der Waals surface area contributed by atoms with E-state index < -0.39 is 0 Å². The number of nitrogens with zero attached hydrogens (tertiary/aromatic N) is 1. The van der Waals surface area contributed by atoms with E-state index in [1.165, 1.54) is 0 Å². The number of benzene rings is 1. The highest BCUT2D eigenvalue weighted by molar-refractivity contribution is 6.36. The van der Waals surface area contributed by atoms with E-state index in [0.717, 1.165) is 13.1 Å². The van der Waals surface area contributed by atoms with Crippen LogP contribution >= 0.6 is 23.2 Å². The van der Waals surface area contributed by atoms with Crippen LogP contribution in [0.25, 0.3) is 0 Å². The van der Waals surface area contributed by atoms with Crippen molar-refractivity contribution in [2.45, 2.75) is 39.0 Å². The van der Waals surface area contributed by atoms with Gasteiger partial charge in [0, 0.05) is 18.1 Å². The van der Waals surface area contributed by atoms with E-state index in [2.05, 4.69) is 10.2 Å². The fourth-order valence-corrected chi connectivity index (χ4v) is 2.98. The second kappa shape index (κ2) is 6.97. The zero-order valence-corrected chi connectivity index (χ0v) is 13.9. The summed E-state index contributed by atoms with van der Waals surface area (Å²) in [6.07, 6.45) is 0.256. The van der Waals surface area contributed by atoms with Crippen LogP contribution in [-0.4, -0.2) is 42.1 Å². The summed E-state index contributed by atoms with van der Waals surface area (Å²) in [6, 6.07) is 4.78. The molecule has 1 aliphatic rings. The number of hydrogen-bond acceptors (Lipinski definition) is 3. The molecule has 1 heterocycles. The third-order valence-corrected chi connectivity index (χ3v) is 4.11. The lowest BCUT2D eigenvalue weighted by molar-refractivity contribution is -0.126. The number of hydrogen-bond donors (Lipinski definition) is 1. The van der Waals surface area contributed by atoms with Gasteiger partial charge >= 0.3 is 0 Å². The van der Waals surface area contributed by atoms with Crippen molar-refractivity contribution in [2.24, 2.45) is 0 Å². The fourth-order valence-electron chi connectivity index (χ4n) is 2.53. The predicted molar refractivity (Wildman–Crippen MR) is 86.1 cm³/mol. The Morgan fingerprint density at radius 3 is 2.52 bits per heavy atom. The fraction of sp³-hybridized carbons (Fsp3) is 0.533. The topological polar surface area (TPSA) is 41.6 Å². The van der Waals surface area contributed by atoms with E-state index in [1.54, 1.807) is 18.2 Å². The van der Waals surface area contributed by atoms with Gasteiger partial charge in [-0.15, -0.1) is 0 Å². The summed E-state index contributed by atoms with van der Waals surface area (Å²) < 4.78 is 5.69. The molecule has 116 valence electrons. The first-order chi connectivity index (χ1) is 9.86. The zero-order chi connectivity index (χ0) is 15.6. The molecule has 1 amide bonds. The molecule has 3 atom stereocenters. The van der Waals surface area contributed by atoms with Crippen molar-refractivity contribution in [1.29, 1.82) is 0 Å². The quantitative estimate of drug-likeness (QED) is 0.923. The van der Waals surface area contributed by atoms with Gasteiger partial charge in [0.2, 0.25) is 5.91 Å². The minimum absolute atomic E-state index is 0.0828. The Hall–Kier alpha value is -0.810. The maximum atomic E-state index is 12.4. The van der Waals surface area contributed by atoms with E-state index >= 15 is 0 Å². The van der Waals surface area contributed by atoms with Gasteiger partial charge in [-0.25, -0.2) is 0 Å². The van der Waals surface area contributed by atoms with Crippen LogP contribution in [-0.2, 0) is 9.53 Å². The lowest BCUT2D eigenvalue weighted by Crippen LogP contribution is -2.52. The van der Waals surface area contributed by atoms with E-state index in [-0.39, 0.29) is 24.2 Å². The monoisotopic (exact) mass is 330 g/mol. The Morgan fingerprint density at radius 1 is 1.33 bits per heavy atom. The molecule has 0 spiro atoms. The molecule has 1 aliphatic heterocycles. The molecular formula is C15H20Cl2N2O2. The second-order valence-corrected chi connectivity index (χ2v) is 6.34. The SMILES string of the molecule is CC1CN(C(C)C(=O)Nc2ccc(Cl)cc2Cl)CC(C)O1. The highest BCUT2D eigenvalue weighted by Gasteiger charge is 2.29. The number of rotatable bonds is 3. The summed E-state index contributed by atoms with van der Waals surface area (Å²) in [4.78, 5) is 14.5. The molecule has 1 fully saturated rings. The van der Waals surface area contributed by atoms with Crippen LogP contribution in [0.3, 0.4) is 0 Å². The van der Waals surface area contributed by atoms with Crippen molar-refractivity contribution in [3.63, 3.8) is 0 Å². The highest BCUT2D eigenvalue weighted by atomic mass is 35.5. The smallest absolute Gasteiger partial charge is 0.241 e. The molecule has 21 heavy (non-hydrogen) atoms. The second-order valence-electron chi connectivity index (χ2n) is 5.50. The molecule has 0 bridgehead atoms. The summed E-state index contributed by atoms with van der Waals surface area (Å²) in [5, 5.41) is 3.83. The summed E-state index contributed by atoms with van der Waals surface area (Å²) in [5.74, 6) is -0.0828. The summed E-state index contributed by atoms with van der Waals surface area (Å²) in [5.41, 5.74) is 0.576. The molecular weight excluding hydrogens is 311 g/mol. The van der Waals surface area contributed by atoms with Gasteiger partial charge in [-0.2, -0.15) is 0 Å². The van der Waals surface area contributed by atoms with Gasteiger partial charge in [0.05, 0.1) is 29.0 Å². The van der Waals surface area contributed by atoms with Crippen molar-refractivity contribution < 1.29 is 9.53 Å². The first-order valence-electron chi connectivity index (χ1n) is 7.02. The van der Waals surface area contributed by atoms with Crippen LogP contribution in [0, 0.1) is 0 Å². The molecule has 1 saturated heterocycles. The van der Waals surface area contributed by atoms with Gasteiger partial charge in [0.25, 0.3) is 0 Å². The van der Waals surface area contributed by atoms with Gasteiger partial charge in [-0.1, -0.05) is 23.2 Å². The predicted octanol–water partition coefficient (Wildman–Crippen LogP) is 3.43. The Labute approximate surface area is 135 Å². The lowest BCUT2D eigenvalue weighted by Gasteiger charge is -2.38. The minimum atomic E-state index is -0.245. The Morgan fingerprint density at radius 2 is 1.95 bits per heavy atom. The van der Waals surface area contributed by atoms with Crippen molar-refractivity contribution >= 4 is 34.8 Å². The minimum Gasteiger partial charge on any atom is -0.373 e. The van der Waals surface area contributed by atoms with Crippen molar-refractivity contribution in [1.82, 2.24) is 4.90 Å². The molecule has 1 N–H and O–H groups in total. The maximum absolute atomic E-state index is 12.4. The number of amides is 1. The van der Waals surface area contributed by atoms with Crippen LogP contribution in [0.15, 0.2) is 18.2 Å². The van der Waals surface area contributed by atoms with E-state index in [0.29, 0.717) is 15.7 Å². The van der Waals surface area contributed by atoms with Crippen LogP contribution in [0.5, 0.6) is 0 Å². The average molecular weight is 331 g/mol. The Balaban J connectivity index is 2.02. The molecule has 0 radical (unpaired) electrons. The third kappa shape index (κ3) is 4.33. The number of nitrogens with one attached hydrogen (secondary N) is 1. The van der Waals surface area contributed by atoms with E-state index in [9.17, 15) is 4.79 Å². The Kier molecular flexibility index (Phi) is 5.49. The molecule has 0 saturated carbocycles. The first kappa shape index (κ1) is 16.6. The summed E-state index contributed by atoms with van der Waals surface area (Å²) >= 11 is 11.9. The highest BCUT2D eigenvalue weighted by Crippen LogP contribution is 2.26. The van der Waals surface area contributed by atoms with Gasteiger partial charge in [-0.3, -0.25) is 9.69 Å². The Bertz CT molecular complexity index is 514. The van der Waals surface area contributed by atoms with Crippen LogP contribution in [0.4, 0.5) is 5.69 Å². The van der Waals surface area contributed by atoms with Crippen molar-refractivity contribution in [3.8, 4) is 0 Å². The van der Waals surface area contributed by atoms with Crippen LogP contribution in [0.2, 0.25) is 10.0 Å². The average Bonchev–Trinajstić information content (AvgIpc) is 2.40. The molecule has 1 aromatic rings. The van der Waals surface area contributed by atoms with Gasteiger partial charge in [0.1, 0.15) is 0 Å². The number of carbonyl (C=O) groups is 1. The lowest BCUT2D eigenvalue weighted by atomic mass is 10.1. The van der Waals surface area contributed by atoms with Gasteiger partial charge in [-0.05, 0) is 39.0 Å². The number of morpholine rings is 1. The van der Waals surface area contributed by atoms with Gasteiger partial charge in [0.15, 0.2) is 0 Å². The number of halogens is 2. The largest absolute Gasteiger partial charge is 0.373 e. The van der Waals surface area contributed by atoms with Gasteiger partial charge < -0.3 is 10.1 Å². The molecule has 6 heteroatoms. The van der Waals surface area contributed by atoms with Crippen molar-refractivity contribution in [2.75, 3.05) is 18.4 Å². The first-order valence-corrected chi connectivity index (χ1v) is 7.78. The van der Waals surface area contributed by atoms with Crippen LogP contribution in [0.1, 0.15) is 20.8 Å². The molecule has 3 unspecified atom stereocenters. The van der Waals surface area contributed by atoms with Crippen molar-refractivity contribution in [3.05, 3.63) is 28.2 Å². The zero-order valence-electron chi connectivity index (χ0n) is 12.4. The third-order valence-electron chi connectivity index (χ3n) is 3.56. The number of anilines is 1. The molecule has 2 rings (SSSR count). The number of ether oxygens (including phenoxy) is 1. The summed E-state index contributed by atoms with van der Waals surface area (Å²) in [6.45, 7) is 7.41. The van der Waals surface area contributed by atoms with Crippen LogP contribution < -0.4 is 5.32 Å². The summed E-state index contributed by atoms with van der Waals surface area (Å²) in [7, 11) is 0. The van der Waals surface area contributed by atoms with E-state index in [1.807, 2.05) is 20.8 Å². The molecule has 0 aliphatic carbocycles. The molecule has 1 aromatic carbocycles. The standard InChI is InChI=1S/C15H20Cl2N2O2/c1-9-7-19(8-10(2)21-9)11(3)15(20)18-14-5-4-12(16)6-13(14)17/h4-6,9-11H,7-8H2,1-3H3,(H,18,20). The normalized spacial score (nSPS) is 24.6. The maximum Gasteiger partial charge on any atom is 0.241 e. The number of carbonyl (C=O) groups excluding carboxylic acids is 1.